The molecular formula is C88H138N14O14. The average molecular weight is 1620 g/mol. The molecule has 15 fully saturated rings. The van der Waals surface area contributed by atoms with E-state index in [4.69, 9.17) is 14.5 Å². The van der Waals surface area contributed by atoms with Crippen LogP contribution in [0.15, 0.2) is 72.8 Å². The van der Waals surface area contributed by atoms with Crippen LogP contribution in [0, 0.1) is 87.3 Å². The van der Waals surface area contributed by atoms with E-state index in [1.165, 1.54) is 19.3 Å². The summed E-state index contributed by atoms with van der Waals surface area (Å²) in [5.41, 5.74) is 7.26. The Hall–Kier alpha value is -6.51. The molecule has 0 radical (unpaired) electrons. The summed E-state index contributed by atoms with van der Waals surface area (Å²) in [6.45, 7) is 35.6. The van der Waals surface area contributed by atoms with E-state index in [0.717, 1.165) is 105 Å². The first-order valence-electron chi connectivity index (χ1n) is 43.5. The van der Waals surface area contributed by atoms with Gasteiger partial charge in [-0.05, 0) is 182 Å². The fourth-order valence-corrected chi connectivity index (χ4v) is 23.1. The molecule has 28 nitrogen and oxygen atoms in total. The van der Waals surface area contributed by atoms with Crippen molar-refractivity contribution in [2.45, 2.75) is 214 Å². The number of benzene rings is 3. The third-order valence-electron chi connectivity index (χ3n) is 30.7. The van der Waals surface area contributed by atoms with Gasteiger partial charge in [-0.2, -0.15) is 15.2 Å². The number of urea groups is 2. The van der Waals surface area contributed by atoms with Gasteiger partial charge in [0.25, 0.3) is 0 Å². The number of aliphatic hydroxyl groups excluding tert-OH is 6. The SMILES string of the molecule is CNC(=O)N1CCN(c2cccc(CN3O[C@@H](CO)[C@@H]([C@H](C)O)[C@H]3C(=O)N[C@H]3C[C@H]4C[C@@H]([C@@H]3C)C4(C)C)c2)CC1.CNC(=O)N1CCN(c2cccc(CN3O[C@@H](CO)[C@@H]([C@H](C)O)[C@H]3C(=O)N[C@H]3C[C@H]4C[C@@H]([C@@H]3C)C4(C)C)c2)CC1.C[C@@H]1[C@@H](NC(=O)[C@@H]2[C@H]([C@H](C)O)[C@H](CO)ON2Cc2cccc(N3CCNCC3)c2)C[C@H]2C[C@@H]1C2(C)C. The number of anilines is 3. The second-order valence-corrected chi connectivity index (χ2v) is 38.0. The predicted octanol–water partition coefficient (Wildman–Crippen LogP) is 5.37. The van der Waals surface area contributed by atoms with Crippen LogP contribution in [-0.2, 0) is 48.5 Å². The summed E-state index contributed by atoms with van der Waals surface area (Å²) in [4.78, 5) is 94.4. The molecule has 6 bridgehead atoms. The minimum Gasteiger partial charge on any atom is -0.394 e. The average Bonchev–Trinajstić information content (AvgIpc) is 0.931. The molecule has 12 N–H and O–H groups in total. The molecule has 6 heterocycles. The van der Waals surface area contributed by atoms with Gasteiger partial charge in [0.05, 0.1) is 57.8 Å². The van der Waals surface area contributed by atoms with E-state index in [0.29, 0.717) is 115 Å². The van der Waals surface area contributed by atoms with Crippen molar-refractivity contribution in [2.24, 2.45) is 87.3 Å². The number of hydroxylamine groups is 6. The Bertz CT molecular complexity index is 3680. The lowest BCUT2D eigenvalue weighted by molar-refractivity contribution is -0.183. The number of carbonyl (C=O) groups excluding carboxylic acids is 5. The standard InChI is InChI=1S/2C30H47N5O5.C28H44N4O4/c2*1-18-23-14-21(30(23,3)4)15-24(18)32-28(38)27-26(19(2)37)25(17-36)40-35(27)16-20-7-6-8-22(13-20)33-9-11-34(12-10-33)29(39)31-5;1-17-22-13-20(28(22,3)4)14-23(17)30-27(35)26-25(18(2)34)24(16-33)36-32(26)15-19-6-5-7-21(12-19)31-10-8-29-9-11-31/h2*6-8,13,18-19,21,23-27,36-37H,9-12,14-17H2,1-5H3,(H,31,39)(H,32,38);5-7,12,17-18,20,22-26,29,33-34H,8-11,13-16H2,1-4H3,(H,30,35)/t2*18-,19-,21+,23-,24-,25-,26+,27-;17-,18-,20+,22-,23-,24-,25+,26-/m000/s1. The normalized spacial score (nSPS) is 35.0. The second-order valence-electron chi connectivity index (χ2n) is 38.0. The zero-order chi connectivity index (χ0) is 83.1. The molecule has 7 amide bonds. The molecule has 18 rings (SSSR count). The van der Waals surface area contributed by atoms with Crippen LogP contribution in [0.1, 0.15) is 138 Å². The third kappa shape index (κ3) is 17.8. The van der Waals surface area contributed by atoms with Crippen molar-refractivity contribution in [3.8, 4) is 0 Å². The number of amides is 7. The molecule has 644 valence electrons. The highest BCUT2D eigenvalue weighted by Crippen LogP contribution is 2.63. The summed E-state index contributed by atoms with van der Waals surface area (Å²) in [5.74, 6) is 2.93. The first kappa shape index (κ1) is 87.3. The Kier molecular flexibility index (Phi) is 27.4. The van der Waals surface area contributed by atoms with E-state index < -0.39 is 72.5 Å². The van der Waals surface area contributed by atoms with Crippen LogP contribution in [0.5, 0.6) is 0 Å². The van der Waals surface area contributed by atoms with Crippen molar-refractivity contribution >= 4 is 46.8 Å². The molecule has 28 heteroatoms. The monoisotopic (exact) mass is 1620 g/mol. The van der Waals surface area contributed by atoms with Gasteiger partial charge in [0, 0.05) is 146 Å². The van der Waals surface area contributed by atoms with Gasteiger partial charge in [-0.1, -0.05) is 98.7 Å². The quantitative estimate of drug-likeness (QED) is 0.0637. The van der Waals surface area contributed by atoms with Crippen molar-refractivity contribution in [3.63, 3.8) is 0 Å². The molecule has 15 aliphatic rings. The van der Waals surface area contributed by atoms with E-state index in [1.807, 2.05) is 46.2 Å². The molecule has 3 aromatic carbocycles. The summed E-state index contributed by atoms with van der Waals surface area (Å²) in [6, 6.07) is 22.8. The summed E-state index contributed by atoms with van der Waals surface area (Å²) in [5, 5.41) is 86.0. The molecule has 0 spiro atoms. The van der Waals surface area contributed by atoms with Crippen molar-refractivity contribution in [2.75, 3.05) is 127 Å². The van der Waals surface area contributed by atoms with E-state index in [9.17, 15) is 54.6 Å². The molecule has 0 aromatic heterocycles. The van der Waals surface area contributed by atoms with Crippen molar-refractivity contribution in [1.29, 1.82) is 0 Å². The maximum Gasteiger partial charge on any atom is 0.317 e. The lowest BCUT2D eigenvalue weighted by atomic mass is 9.45. The van der Waals surface area contributed by atoms with Gasteiger partial charge in [0.2, 0.25) is 17.7 Å². The smallest absolute Gasteiger partial charge is 0.317 e. The van der Waals surface area contributed by atoms with Crippen LogP contribution in [-0.4, -0.2) is 271 Å². The van der Waals surface area contributed by atoms with Crippen LogP contribution in [0.3, 0.4) is 0 Å². The first-order chi connectivity index (χ1) is 55.3. The van der Waals surface area contributed by atoms with E-state index >= 15 is 0 Å². The lowest BCUT2D eigenvalue weighted by Gasteiger charge is -2.62. The number of fused-ring (bicyclic) bond motifs is 6. The summed E-state index contributed by atoms with van der Waals surface area (Å²) < 4.78 is 0. The highest BCUT2D eigenvalue weighted by molar-refractivity contribution is 5.84. The summed E-state index contributed by atoms with van der Waals surface area (Å²) in [7, 11) is 3.29. The highest BCUT2D eigenvalue weighted by Gasteiger charge is 2.61. The minimum absolute atomic E-state index is 0.0571. The molecular weight excluding hydrogens is 1480 g/mol. The molecule has 116 heavy (non-hydrogen) atoms. The van der Waals surface area contributed by atoms with Crippen molar-refractivity contribution in [3.05, 3.63) is 89.5 Å². The number of hydrogen-bond acceptors (Lipinski definition) is 21. The number of rotatable bonds is 21. The summed E-state index contributed by atoms with van der Waals surface area (Å²) >= 11 is 0. The van der Waals surface area contributed by atoms with Crippen LogP contribution in [0.2, 0.25) is 0 Å². The number of nitrogens with zero attached hydrogens (tertiary/aromatic N) is 8. The fraction of sp³-hybridized carbons (Fsp3) is 0.739. The van der Waals surface area contributed by atoms with Crippen LogP contribution < -0.4 is 46.6 Å². The maximum absolute atomic E-state index is 13.9. The zero-order valence-electron chi connectivity index (χ0n) is 71.3. The summed E-state index contributed by atoms with van der Waals surface area (Å²) in [6.07, 6.45) is 2.31. The number of piperazine rings is 3. The maximum atomic E-state index is 13.9. The van der Waals surface area contributed by atoms with Crippen molar-refractivity contribution < 1.29 is 69.1 Å². The first-order valence-corrected chi connectivity index (χ1v) is 43.5. The zero-order valence-corrected chi connectivity index (χ0v) is 71.3. The number of aliphatic hydroxyl groups is 6. The molecule has 3 aromatic rings. The largest absolute Gasteiger partial charge is 0.394 e. The predicted molar refractivity (Wildman–Crippen MR) is 444 cm³/mol. The van der Waals surface area contributed by atoms with Gasteiger partial charge in [-0.25, -0.2) is 9.59 Å². The van der Waals surface area contributed by atoms with Crippen LogP contribution in [0.4, 0.5) is 26.7 Å². The molecule has 9 aliphatic carbocycles. The molecule has 24 atom stereocenters. The molecule has 6 saturated heterocycles. The van der Waals surface area contributed by atoms with Gasteiger partial charge in [0.15, 0.2) is 0 Å². The van der Waals surface area contributed by atoms with Crippen LogP contribution >= 0.6 is 0 Å². The van der Waals surface area contributed by atoms with Gasteiger partial charge in [-0.15, -0.1) is 0 Å². The lowest BCUT2D eigenvalue weighted by Crippen LogP contribution is -2.62. The Morgan fingerprint density at radius 2 is 0.707 bits per heavy atom. The van der Waals surface area contributed by atoms with Crippen LogP contribution in [0.25, 0.3) is 0 Å². The van der Waals surface area contributed by atoms with Gasteiger partial charge >= 0.3 is 12.1 Å². The Morgan fingerprint density at radius 1 is 0.431 bits per heavy atom. The topological polar surface area (TPSA) is 333 Å². The third-order valence-corrected chi connectivity index (χ3v) is 30.7. The molecule has 0 unspecified atom stereocenters. The molecule has 9 saturated carbocycles. The Balaban J connectivity index is 0.000000152. The Labute approximate surface area is 687 Å². The van der Waals surface area contributed by atoms with E-state index in [-0.39, 0.29) is 67.7 Å². The minimum atomic E-state index is -0.822. The van der Waals surface area contributed by atoms with E-state index in [1.54, 1.807) is 50.1 Å². The van der Waals surface area contributed by atoms with Crippen molar-refractivity contribution in [1.82, 2.24) is 56.9 Å². The van der Waals surface area contributed by atoms with E-state index in [2.05, 4.69) is 145 Å². The fourth-order valence-electron chi connectivity index (χ4n) is 23.1. The van der Waals surface area contributed by atoms with Gasteiger partial charge in [0.1, 0.15) is 36.4 Å². The van der Waals surface area contributed by atoms with Gasteiger partial charge < -0.3 is 87.0 Å². The number of nitrogens with one attached hydrogen (secondary N) is 6. The number of carbonyl (C=O) groups is 5. The Morgan fingerprint density at radius 3 is 0.948 bits per heavy atom. The molecule has 6 aliphatic heterocycles. The highest BCUT2D eigenvalue weighted by atomic mass is 16.7. The second kappa shape index (κ2) is 36.4. The number of hydrogen-bond donors (Lipinski definition) is 12. The van der Waals surface area contributed by atoms with Gasteiger partial charge in [-0.3, -0.25) is 28.9 Å².